The van der Waals surface area contributed by atoms with Gasteiger partial charge in [-0.1, -0.05) is 61.3 Å². The summed E-state index contributed by atoms with van der Waals surface area (Å²) in [4.78, 5) is 27.0. The minimum Gasteiger partial charge on any atom is -0.494 e. The number of thiocarbonyl (C=S) groups is 1. The molecule has 1 fully saturated rings. The molecule has 1 saturated heterocycles. The molecule has 7 nitrogen and oxygen atoms in total. The Hall–Kier alpha value is -2.30. The fourth-order valence-electron chi connectivity index (χ4n) is 2.80. The molecule has 10 heteroatoms. The molecule has 3 rings (SSSR count). The first-order valence-electron chi connectivity index (χ1n) is 9.96. The highest BCUT2D eigenvalue weighted by Gasteiger charge is 2.32. The van der Waals surface area contributed by atoms with Crippen LogP contribution in [0, 0.1) is 5.92 Å². The van der Waals surface area contributed by atoms with Crippen LogP contribution < -0.4 is 10.1 Å². The third-order valence-electron chi connectivity index (χ3n) is 4.22. The summed E-state index contributed by atoms with van der Waals surface area (Å²) in [5.74, 6) is 0.842. The highest BCUT2D eigenvalue weighted by Crippen LogP contribution is 2.33. The number of nitrogens with one attached hydrogen (secondary N) is 1. The summed E-state index contributed by atoms with van der Waals surface area (Å²) in [6, 6.07) is 7.50. The van der Waals surface area contributed by atoms with Crippen molar-refractivity contribution in [1.82, 2.24) is 15.1 Å². The second-order valence-electron chi connectivity index (χ2n) is 7.23. The molecule has 0 spiro atoms. The standard InChI is InChI=1S/C21H24N4O3S3/c1-4-28-15-7-5-14(6-8-15)12-16-19(27)25(21(29)30-16)10-9-17(26)22-20-24-23-18(31-20)11-13(2)3/h5-8,12-13H,4,9-11H2,1-3H3,(H,22,24,26)/b16-12-. The molecule has 1 N–H and O–H groups in total. The second-order valence-corrected chi connectivity index (χ2v) is 9.97. The first-order chi connectivity index (χ1) is 14.9. The van der Waals surface area contributed by atoms with E-state index in [9.17, 15) is 9.59 Å². The van der Waals surface area contributed by atoms with E-state index in [1.807, 2.05) is 31.2 Å². The summed E-state index contributed by atoms with van der Waals surface area (Å²) < 4.78 is 5.88. The van der Waals surface area contributed by atoms with Gasteiger partial charge in [0, 0.05) is 19.4 Å². The topological polar surface area (TPSA) is 84.4 Å². The van der Waals surface area contributed by atoms with Crippen molar-refractivity contribution < 1.29 is 14.3 Å². The molecule has 164 valence electrons. The van der Waals surface area contributed by atoms with E-state index in [0.717, 1.165) is 22.7 Å². The van der Waals surface area contributed by atoms with Crippen LogP contribution in [0.15, 0.2) is 29.2 Å². The lowest BCUT2D eigenvalue weighted by Gasteiger charge is -2.13. The molecule has 0 radical (unpaired) electrons. The van der Waals surface area contributed by atoms with Crippen LogP contribution in [0.3, 0.4) is 0 Å². The fourth-order valence-corrected chi connectivity index (χ4v) is 5.08. The number of hydrogen-bond acceptors (Lipinski definition) is 8. The molecule has 2 amide bonds. The van der Waals surface area contributed by atoms with Crippen LogP contribution in [-0.4, -0.2) is 44.4 Å². The minimum absolute atomic E-state index is 0.127. The van der Waals surface area contributed by atoms with Crippen LogP contribution in [0.2, 0.25) is 0 Å². The van der Waals surface area contributed by atoms with Crippen LogP contribution in [0.1, 0.15) is 37.8 Å². The van der Waals surface area contributed by atoms with Crippen LogP contribution in [0.4, 0.5) is 5.13 Å². The number of carbonyl (C=O) groups excluding carboxylic acids is 2. The van der Waals surface area contributed by atoms with E-state index >= 15 is 0 Å². The quantitative estimate of drug-likeness (QED) is 0.425. The molecule has 2 heterocycles. The molecule has 1 aromatic heterocycles. The average Bonchev–Trinajstić information content (AvgIpc) is 3.25. The van der Waals surface area contributed by atoms with Crippen molar-refractivity contribution in [2.45, 2.75) is 33.6 Å². The van der Waals surface area contributed by atoms with Crippen molar-refractivity contribution in [3.8, 4) is 5.75 Å². The minimum atomic E-state index is -0.225. The Morgan fingerprint density at radius 2 is 2.03 bits per heavy atom. The lowest BCUT2D eigenvalue weighted by molar-refractivity contribution is -0.122. The highest BCUT2D eigenvalue weighted by atomic mass is 32.2. The molecule has 0 aliphatic carbocycles. The Bertz CT molecular complexity index is 986. The normalized spacial score (nSPS) is 15.2. The number of nitrogens with zero attached hydrogens (tertiary/aromatic N) is 3. The Morgan fingerprint density at radius 3 is 2.71 bits per heavy atom. The van der Waals surface area contributed by atoms with Gasteiger partial charge in [0.25, 0.3) is 5.91 Å². The average molecular weight is 477 g/mol. The van der Waals surface area contributed by atoms with Crippen molar-refractivity contribution in [3.63, 3.8) is 0 Å². The van der Waals surface area contributed by atoms with Gasteiger partial charge in [-0.05, 0) is 36.6 Å². The Labute approximate surface area is 195 Å². The molecule has 0 unspecified atom stereocenters. The molecule has 0 atom stereocenters. The van der Waals surface area contributed by atoms with Crippen molar-refractivity contribution in [2.75, 3.05) is 18.5 Å². The Kier molecular flexibility index (Phi) is 8.16. The van der Waals surface area contributed by atoms with Crippen molar-refractivity contribution in [1.29, 1.82) is 0 Å². The van der Waals surface area contributed by atoms with Gasteiger partial charge in [0.2, 0.25) is 11.0 Å². The number of thioether (sulfide) groups is 1. The molecular weight excluding hydrogens is 452 g/mol. The predicted octanol–water partition coefficient (Wildman–Crippen LogP) is 4.37. The zero-order valence-corrected chi connectivity index (χ0v) is 20.0. The molecule has 0 saturated carbocycles. The molecule has 0 bridgehead atoms. The zero-order chi connectivity index (χ0) is 22.4. The highest BCUT2D eigenvalue weighted by molar-refractivity contribution is 8.26. The van der Waals surface area contributed by atoms with E-state index in [0.29, 0.717) is 26.9 Å². The van der Waals surface area contributed by atoms with Gasteiger partial charge in [0.05, 0.1) is 11.5 Å². The lowest BCUT2D eigenvalue weighted by Crippen LogP contribution is -2.31. The van der Waals surface area contributed by atoms with Crippen LogP contribution in [-0.2, 0) is 16.0 Å². The van der Waals surface area contributed by atoms with E-state index < -0.39 is 0 Å². The van der Waals surface area contributed by atoms with E-state index in [1.54, 1.807) is 6.08 Å². The fraction of sp³-hybridized carbons (Fsp3) is 0.381. The number of rotatable bonds is 9. The van der Waals surface area contributed by atoms with Gasteiger partial charge in [0.15, 0.2) is 0 Å². The number of hydrogen-bond donors (Lipinski definition) is 1. The second kappa shape index (κ2) is 10.8. The third kappa shape index (κ3) is 6.59. The van der Waals surface area contributed by atoms with Gasteiger partial charge in [-0.15, -0.1) is 10.2 Å². The summed E-state index contributed by atoms with van der Waals surface area (Å²) in [7, 11) is 0. The third-order valence-corrected chi connectivity index (χ3v) is 6.46. The number of aromatic nitrogens is 2. The molecule has 1 aliphatic rings. The van der Waals surface area contributed by atoms with Gasteiger partial charge in [-0.25, -0.2) is 0 Å². The number of amides is 2. The summed E-state index contributed by atoms with van der Waals surface area (Å²) in [6.07, 6.45) is 2.75. The van der Waals surface area contributed by atoms with Crippen LogP contribution >= 0.6 is 35.3 Å². The number of ether oxygens (including phenoxy) is 1. The van der Waals surface area contributed by atoms with E-state index in [4.69, 9.17) is 17.0 Å². The number of benzene rings is 1. The van der Waals surface area contributed by atoms with Gasteiger partial charge in [-0.3, -0.25) is 14.5 Å². The van der Waals surface area contributed by atoms with E-state index in [-0.39, 0.29) is 24.8 Å². The monoisotopic (exact) mass is 476 g/mol. The van der Waals surface area contributed by atoms with Gasteiger partial charge in [-0.2, -0.15) is 0 Å². The van der Waals surface area contributed by atoms with Crippen molar-refractivity contribution in [2.24, 2.45) is 5.92 Å². The first kappa shape index (κ1) is 23.4. The van der Waals surface area contributed by atoms with Gasteiger partial charge in [0.1, 0.15) is 15.1 Å². The lowest BCUT2D eigenvalue weighted by atomic mass is 10.1. The summed E-state index contributed by atoms with van der Waals surface area (Å²) in [5, 5.41) is 12.2. The van der Waals surface area contributed by atoms with Gasteiger partial charge < -0.3 is 10.1 Å². The number of anilines is 1. The summed E-state index contributed by atoms with van der Waals surface area (Å²) in [5.41, 5.74) is 0.884. The maximum atomic E-state index is 12.7. The van der Waals surface area contributed by atoms with E-state index in [1.165, 1.54) is 28.0 Å². The zero-order valence-electron chi connectivity index (χ0n) is 17.6. The maximum Gasteiger partial charge on any atom is 0.266 e. The molecule has 2 aromatic rings. The molecule has 1 aliphatic heterocycles. The smallest absolute Gasteiger partial charge is 0.266 e. The van der Waals surface area contributed by atoms with Gasteiger partial charge >= 0.3 is 0 Å². The first-order valence-corrected chi connectivity index (χ1v) is 12.0. The largest absolute Gasteiger partial charge is 0.494 e. The Morgan fingerprint density at radius 1 is 1.29 bits per heavy atom. The summed E-state index contributed by atoms with van der Waals surface area (Å²) >= 11 is 7.96. The van der Waals surface area contributed by atoms with Crippen LogP contribution in [0.5, 0.6) is 5.75 Å². The Balaban J connectivity index is 1.54. The SMILES string of the molecule is CCOc1ccc(/C=C2\SC(=S)N(CCC(=O)Nc3nnc(CC(C)C)s3)C2=O)cc1. The predicted molar refractivity (Wildman–Crippen MR) is 129 cm³/mol. The van der Waals surface area contributed by atoms with Crippen LogP contribution in [0.25, 0.3) is 6.08 Å². The van der Waals surface area contributed by atoms with E-state index in [2.05, 4.69) is 29.4 Å². The molecular formula is C21H24N4O3S3. The molecule has 1 aromatic carbocycles. The summed E-state index contributed by atoms with van der Waals surface area (Å²) in [6.45, 7) is 6.95. The van der Waals surface area contributed by atoms with Crippen molar-refractivity contribution in [3.05, 3.63) is 39.7 Å². The molecule has 31 heavy (non-hydrogen) atoms. The van der Waals surface area contributed by atoms with Crippen molar-refractivity contribution >= 4 is 62.7 Å². The maximum absolute atomic E-state index is 12.7. The number of carbonyl (C=O) groups is 2.